The SMILES string of the molecule is CCCNC(C)(CO)CCCCOc1ccc(F)c(F)c1. The van der Waals surface area contributed by atoms with Crippen LogP contribution in [0.3, 0.4) is 0 Å². The van der Waals surface area contributed by atoms with Crippen LogP contribution in [0.2, 0.25) is 0 Å². The van der Waals surface area contributed by atoms with E-state index in [-0.39, 0.29) is 12.1 Å². The van der Waals surface area contributed by atoms with Crippen LogP contribution in [-0.2, 0) is 0 Å². The Labute approximate surface area is 125 Å². The molecule has 0 amide bonds. The van der Waals surface area contributed by atoms with E-state index < -0.39 is 11.6 Å². The third kappa shape index (κ3) is 6.40. The molecule has 2 N–H and O–H groups in total. The average Bonchev–Trinajstić information content (AvgIpc) is 2.48. The van der Waals surface area contributed by atoms with Gasteiger partial charge in [-0.3, -0.25) is 0 Å². The van der Waals surface area contributed by atoms with E-state index in [0.29, 0.717) is 12.4 Å². The summed E-state index contributed by atoms with van der Waals surface area (Å²) in [6.07, 6.45) is 3.54. The monoisotopic (exact) mass is 301 g/mol. The Hall–Kier alpha value is -1.20. The fourth-order valence-corrected chi connectivity index (χ4v) is 2.02. The molecule has 0 bridgehead atoms. The number of unbranched alkanes of at least 4 members (excludes halogenated alkanes) is 1. The molecule has 0 aromatic heterocycles. The van der Waals surface area contributed by atoms with Gasteiger partial charge >= 0.3 is 0 Å². The number of hydrogen-bond donors (Lipinski definition) is 2. The number of aliphatic hydroxyl groups is 1. The zero-order chi connectivity index (χ0) is 15.7. The van der Waals surface area contributed by atoms with E-state index in [2.05, 4.69) is 12.2 Å². The van der Waals surface area contributed by atoms with Crippen molar-refractivity contribution in [2.24, 2.45) is 0 Å². The summed E-state index contributed by atoms with van der Waals surface area (Å²) in [6, 6.07) is 3.52. The molecule has 1 rings (SSSR count). The lowest BCUT2D eigenvalue weighted by atomic mass is 9.95. The number of nitrogens with one attached hydrogen (secondary N) is 1. The van der Waals surface area contributed by atoms with E-state index in [1.165, 1.54) is 6.07 Å². The van der Waals surface area contributed by atoms with E-state index in [9.17, 15) is 13.9 Å². The van der Waals surface area contributed by atoms with Gasteiger partial charge in [-0.2, -0.15) is 0 Å². The number of rotatable bonds is 10. The van der Waals surface area contributed by atoms with Gasteiger partial charge in [-0.1, -0.05) is 6.92 Å². The average molecular weight is 301 g/mol. The maximum absolute atomic E-state index is 13.0. The predicted octanol–water partition coefficient (Wildman–Crippen LogP) is 3.26. The molecule has 5 heteroatoms. The van der Waals surface area contributed by atoms with Gasteiger partial charge in [-0.25, -0.2) is 8.78 Å². The van der Waals surface area contributed by atoms with E-state index in [0.717, 1.165) is 44.4 Å². The van der Waals surface area contributed by atoms with Crippen LogP contribution >= 0.6 is 0 Å². The molecule has 1 aromatic carbocycles. The largest absolute Gasteiger partial charge is 0.493 e. The van der Waals surface area contributed by atoms with Crippen molar-refractivity contribution in [1.82, 2.24) is 5.32 Å². The number of aliphatic hydroxyl groups excluding tert-OH is 1. The molecule has 0 fully saturated rings. The van der Waals surface area contributed by atoms with Crippen LogP contribution in [0.25, 0.3) is 0 Å². The van der Waals surface area contributed by atoms with E-state index in [1.807, 2.05) is 6.92 Å². The summed E-state index contributed by atoms with van der Waals surface area (Å²) >= 11 is 0. The van der Waals surface area contributed by atoms with Crippen LogP contribution < -0.4 is 10.1 Å². The highest BCUT2D eigenvalue weighted by molar-refractivity contribution is 5.23. The van der Waals surface area contributed by atoms with Crippen molar-refractivity contribution < 1.29 is 18.6 Å². The Balaban J connectivity index is 2.25. The van der Waals surface area contributed by atoms with E-state index in [4.69, 9.17) is 4.74 Å². The van der Waals surface area contributed by atoms with Crippen LogP contribution in [-0.4, -0.2) is 30.4 Å². The molecule has 0 saturated carbocycles. The summed E-state index contributed by atoms with van der Waals surface area (Å²) in [5.41, 5.74) is -0.266. The molecule has 1 unspecified atom stereocenters. The minimum atomic E-state index is -0.899. The molecule has 0 aliphatic carbocycles. The standard InChI is InChI=1S/C16H25F2NO2/c1-3-9-19-16(2,12-20)8-4-5-10-21-13-6-7-14(17)15(18)11-13/h6-7,11,19-20H,3-5,8-10,12H2,1-2H3. The smallest absolute Gasteiger partial charge is 0.162 e. The molecule has 0 saturated heterocycles. The van der Waals surface area contributed by atoms with Crippen molar-refractivity contribution in [3.8, 4) is 5.75 Å². The van der Waals surface area contributed by atoms with Gasteiger partial charge in [0, 0.05) is 11.6 Å². The number of hydrogen-bond acceptors (Lipinski definition) is 3. The first-order valence-electron chi connectivity index (χ1n) is 7.44. The number of benzene rings is 1. The minimum Gasteiger partial charge on any atom is -0.493 e. The lowest BCUT2D eigenvalue weighted by Crippen LogP contribution is -2.46. The molecular weight excluding hydrogens is 276 g/mol. The van der Waals surface area contributed by atoms with Crippen molar-refractivity contribution in [1.29, 1.82) is 0 Å². The topological polar surface area (TPSA) is 41.5 Å². The first-order valence-corrected chi connectivity index (χ1v) is 7.44. The van der Waals surface area contributed by atoms with Crippen molar-refractivity contribution in [3.63, 3.8) is 0 Å². The molecule has 21 heavy (non-hydrogen) atoms. The highest BCUT2D eigenvalue weighted by Gasteiger charge is 2.21. The fourth-order valence-electron chi connectivity index (χ4n) is 2.02. The maximum Gasteiger partial charge on any atom is 0.162 e. The fraction of sp³-hybridized carbons (Fsp3) is 0.625. The van der Waals surface area contributed by atoms with Crippen LogP contribution in [0.1, 0.15) is 39.5 Å². The zero-order valence-electron chi connectivity index (χ0n) is 12.8. The molecule has 1 atom stereocenters. The first kappa shape index (κ1) is 17.9. The molecule has 1 aromatic rings. The van der Waals surface area contributed by atoms with Gasteiger partial charge in [0.1, 0.15) is 5.75 Å². The third-order valence-electron chi connectivity index (χ3n) is 3.43. The van der Waals surface area contributed by atoms with Gasteiger partial charge in [-0.05, 0) is 51.3 Å². The van der Waals surface area contributed by atoms with Gasteiger partial charge in [-0.15, -0.1) is 0 Å². The second-order valence-electron chi connectivity index (χ2n) is 5.53. The summed E-state index contributed by atoms with van der Waals surface area (Å²) in [4.78, 5) is 0. The van der Waals surface area contributed by atoms with Crippen LogP contribution in [0.15, 0.2) is 18.2 Å². The molecule has 0 aliphatic rings. The Kier molecular flexibility index (Phi) is 7.61. The molecule has 3 nitrogen and oxygen atoms in total. The third-order valence-corrected chi connectivity index (χ3v) is 3.43. The van der Waals surface area contributed by atoms with Gasteiger partial charge in [0.25, 0.3) is 0 Å². The second-order valence-corrected chi connectivity index (χ2v) is 5.53. The summed E-state index contributed by atoms with van der Waals surface area (Å²) in [7, 11) is 0. The van der Waals surface area contributed by atoms with Gasteiger partial charge < -0.3 is 15.2 Å². The molecule has 0 spiro atoms. The second kappa shape index (κ2) is 8.95. The zero-order valence-corrected chi connectivity index (χ0v) is 12.8. The molecule has 0 aliphatic heterocycles. The molecule has 120 valence electrons. The Morgan fingerprint density at radius 3 is 2.62 bits per heavy atom. The quantitative estimate of drug-likeness (QED) is 0.652. The minimum absolute atomic E-state index is 0.0943. The van der Waals surface area contributed by atoms with Crippen molar-refractivity contribution >= 4 is 0 Å². The predicted molar refractivity (Wildman–Crippen MR) is 79.5 cm³/mol. The normalized spacial score (nSPS) is 14.0. The van der Waals surface area contributed by atoms with E-state index >= 15 is 0 Å². The highest BCUT2D eigenvalue weighted by atomic mass is 19.2. The molecular formula is C16H25F2NO2. The Morgan fingerprint density at radius 1 is 1.24 bits per heavy atom. The Bertz CT molecular complexity index is 429. The number of halogens is 2. The maximum atomic E-state index is 13.0. The van der Waals surface area contributed by atoms with Crippen LogP contribution in [0.5, 0.6) is 5.75 Å². The summed E-state index contributed by atoms with van der Waals surface area (Å²) < 4.78 is 31.1. The van der Waals surface area contributed by atoms with Crippen molar-refractivity contribution in [2.75, 3.05) is 19.8 Å². The summed E-state index contributed by atoms with van der Waals surface area (Å²) in [5, 5.41) is 12.8. The molecule has 0 radical (unpaired) electrons. The van der Waals surface area contributed by atoms with Gasteiger partial charge in [0.2, 0.25) is 0 Å². The van der Waals surface area contributed by atoms with Crippen molar-refractivity contribution in [2.45, 2.75) is 45.1 Å². The van der Waals surface area contributed by atoms with E-state index in [1.54, 1.807) is 0 Å². The van der Waals surface area contributed by atoms with Crippen LogP contribution in [0, 0.1) is 11.6 Å². The first-order chi connectivity index (χ1) is 10.0. The van der Waals surface area contributed by atoms with Crippen molar-refractivity contribution in [3.05, 3.63) is 29.8 Å². The lowest BCUT2D eigenvalue weighted by Gasteiger charge is -2.28. The summed E-state index contributed by atoms with van der Waals surface area (Å²) in [5.74, 6) is -1.44. The lowest BCUT2D eigenvalue weighted by molar-refractivity contribution is 0.160. The van der Waals surface area contributed by atoms with Gasteiger partial charge in [0.15, 0.2) is 11.6 Å². The summed E-state index contributed by atoms with van der Waals surface area (Å²) in [6.45, 7) is 5.50. The molecule has 0 heterocycles. The van der Waals surface area contributed by atoms with Crippen LogP contribution in [0.4, 0.5) is 8.78 Å². The Morgan fingerprint density at radius 2 is 2.00 bits per heavy atom. The highest BCUT2D eigenvalue weighted by Crippen LogP contribution is 2.17. The number of ether oxygens (including phenoxy) is 1. The van der Waals surface area contributed by atoms with Gasteiger partial charge in [0.05, 0.1) is 13.2 Å².